The molecule has 0 atom stereocenters. The summed E-state index contributed by atoms with van der Waals surface area (Å²) in [5.41, 5.74) is 2.02. The molecule has 0 amide bonds. The number of aromatic nitrogens is 2. The van der Waals surface area contributed by atoms with Crippen molar-refractivity contribution in [3.8, 4) is 0 Å². The molecule has 66 valence electrons. The summed E-state index contributed by atoms with van der Waals surface area (Å²) < 4.78 is 0. The second kappa shape index (κ2) is 2.77. The largest absolute Gasteiger partial charge is 0.255 e. The van der Waals surface area contributed by atoms with Crippen LogP contribution >= 0.6 is 0 Å². The van der Waals surface area contributed by atoms with E-state index in [0.717, 1.165) is 21.8 Å². The molecule has 3 rings (SSSR count). The van der Waals surface area contributed by atoms with Gasteiger partial charge < -0.3 is 0 Å². The zero-order valence-electron chi connectivity index (χ0n) is 7.51. The van der Waals surface area contributed by atoms with Gasteiger partial charge in [0, 0.05) is 23.2 Å². The fraction of sp³-hybridized carbons (Fsp3) is 0. The van der Waals surface area contributed by atoms with Gasteiger partial charge in [-0.05, 0) is 18.2 Å². The number of benzene rings is 1. The maximum Gasteiger partial charge on any atom is 0.0811 e. The molecule has 0 aliphatic heterocycles. The topological polar surface area (TPSA) is 25.8 Å². The zero-order chi connectivity index (χ0) is 9.38. The van der Waals surface area contributed by atoms with Crippen molar-refractivity contribution in [1.82, 2.24) is 9.97 Å². The van der Waals surface area contributed by atoms with E-state index < -0.39 is 0 Å². The standard InChI is InChI=1S/C12H8N2/c1-2-6-11-10(5-1)12-9(8-14-11)4-3-7-13-12/h1-8H. The molecule has 2 aromatic heterocycles. The van der Waals surface area contributed by atoms with Crippen molar-refractivity contribution in [2.75, 3.05) is 0 Å². The quantitative estimate of drug-likeness (QED) is 0.497. The fourth-order valence-corrected chi connectivity index (χ4v) is 1.67. The highest BCUT2D eigenvalue weighted by atomic mass is 14.7. The Hall–Kier alpha value is -1.96. The number of rotatable bonds is 0. The molecule has 2 heterocycles. The number of fused-ring (bicyclic) bond motifs is 3. The molecular formula is C12H8N2. The Bertz CT molecular complexity index is 547. The molecule has 2 heteroatoms. The van der Waals surface area contributed by atoms with Crippen LogP contribution in [0.1, 0.15) is 0 Å². The maximum absolute atomic E-state index is 4.37. The first-order chi connectivity index (χ1) is 6.95. The van der Waals surface area contributed by atoms with Gasteiger partial charge in [0.2, 0.25) is 0 Å². The Kier molecular flexibility index (Phi) is 1.47. The summed E-state index contributed by atoms with van der Waals surface area (Å²) in [6, 6.07) is 12.0. The van der Waals surface area contributed by atoms with Crippen molar-refractivity contribution in [3.63, 3.8) is 0 Å². The Morgan fingerprint density at radius 3 is 2.79 bits per heavy atom. The number of pyridine rings is 2. The van der Waals surface area contributed by atoms with E-state index in [1.54, 1.807) is 0 Å². The van der Waals surface area contributed by atoms with Gasteiger partial charge in [-0.3, -0.25) is 9.97 Å². The number of hydrogen-bond donors (Lipinski definition) is 0. The van der Waals surface area contributed by atoms with Crippen molar-refractivity contribution in [3.05, 3.63) is 48.8 Å². The second-order valence-corrected chi connectivity index (χ2v) is 3.22. The molecule has 14 heavy (non-hydrogen) atoms. The molecule has 3 aromatic rings. The van der Waals surface area contributed by atoms with Gasteiger partial charge in [0.15, 0.2) is 0 Å². The van der Waals surface area contributed by atoms with Crippen LogP contribution in [0.5, 0.6) is 0 Å². The molecule has 0 radical (unpaired) electrons. The molecule has 1 aromatic carbocycles. The average molecular weight is 180 g/mol. The molecule has 0 bridgehead atoms. The molecule has 0 aliphatic rings. The molecule has 0 aliphatic carbocycles. The minimum absolute atomic E-state index is 0.999. The lowest BCUT2D eigenvalue weighted by atomic mass is 10.1. The monoisotopic (exact) mass is 180 g/mol. The van der Waals surface area contributed by atoms with Crippen LogP contribution in [-0.4, -0.2) is 9.97 Å². The first kappa shape index (κ1) is 7.44. The van der Waals surface area contributed by atoms with Crippen LogP contribution in [0.3, 0.4) is 0 Å². The van der Waals surface area contributed by atoms with Gasteiger partial charge in [-0.1, -0.05) is 18.2 Å². The lowest BCUT2D eigenvalue weighted by Crippen LogP contribution is -1.83. The van der Waals surface area contributed by atoms with Crippen molar-refractivity contribution >= 4 is 21.8 Å². The normalized spacial score (nSPS) is 10.9. The third kappa shape index (κ3) is 0.973. The van der Waals surface area contributed by atoms with E-state index in [9.17, 15) is 0 Å². The van der Waals surface area contributed by atoms with Gasteiger partial charge in [0.05, 0.1) is 11.0 Å². The van der Waals surface area contributed by atoms with Crippen LogP contribution < -0.4 is 0 Å². The Balaban J connectivity index is 2.61. The Morgan fingerprint density at radius 2 is 1.79 bits per heavy atom. The van der Waals surface area contributed by atoms with E-state index in [4.69, 9.17) is 0 Å². The van der Waals surface area contributed by atoms with E-state index in [1.165, 1.54) is 0 Å². The highest BCUT2D eigenvalue weighted by molar-refractivity contribution is 6.02. The highest BCUT2D eigenvalue weighted by Crippen LogP contribution is 2.20. The second-order valence-electron chi connectivity index (χ2n) is 3.22. The first-order valence-electron chi connectivity index (χ1n) is 4.53. The molecule has 0 saturated carbocycles. The van der Waals surface area contributed by atoms with E-state index in [0.29, 0.717) is 0 Å². The van der Waals surface area contributed by atoms with Crippen LogP contribution in [0.2, 0.25) is 0 Å². The van der Waals surface area contributed by atoms with E-state index in [2.05, 4.69) is 16.0 Å². The van der Waals surface area contributed by atoms with E-state index in [1.807, 2.05) is 42.7 Å². The number of hydrogen-bond acceptors (Lipinski definition) is 2. The molecule has 0 spiro atoms. The molecule has 0 N–H and O–H groups in total. The molecule has 0 fully saturated rings. The van der Waals surface area contributed by atoms with Gasteiger partial charge >= 0.3 is 0 Å². The highest BCUT2D eigenvalue weighted by Gasteiger charge is 1.99. The van der Waals surface area contributed by atoms with Gasteiger partial charge in [-0.15, -0.1) is 0 Å². The Labute approximate surface area is 81.2 Å². The lowest BCUT2D eigenvalue weighted by molar-refractivity contribution is 1.38. The smallest absolute Gasteiger partial charge is 0.0811 e. The van der Waals surface area contributed by atoms with E-state index >= 15 is 0 Å². The van der Waals surface area contributed by atoms with Crippen LogP contribution in [0.25, 0.3) is 21.8 Å². The molecule has 2 nitrogen and oxygen atoms in total. The first-order valence-corrected chi connectivity index (χ1v) is 4.53. The Morgan fingerprint density at radius 1 is 0.857 bits per heavy atom. The third-order valence-electron chi connectivity index (χ3n) is 2.34. The predicted octanol–water partition coefficient (Wildman–Crippen LogP) is 2.78. The SMILES string of the molecule is c1cnc2c(c1)cnc1ccccc12. The van der Waals surface area contributed by atoms with Gasteiger partial charge in [-0.25, -0.2) is 0 Å². The number of para-hydroxylation sites is 1. The van der Waals surface area contributed by atoms with Crippen LogP contribution in [0.4, 0.5) is 0 Å². The maximum atomic E-state index is 4.37. The fourth-order valence-electron chi connectivity index (χ4n) is 1.67. The zero-order valence-corrected chi connectivity index (χ0v) is 7.51. The molecular weight excluding hydrogens is 172 g/mol. The van der Waals surface area contributed by atoms with Gasteiger partial charge in [0.25, 0.3) is 0 Å². The van der Waals surface area contributed by atoms with Crippen LogP contribution in [-0.2, 0) is 0 Å². The minimum atomic E-state index is 0.999. The van der Waals surface area contributed by atoms with Crippen molar-refractivity contribution in [2.24, 2.45) is 0 Å². The van der Waals surface area contributed by atoms with Gasteiger partial charge in [-0.2, -0.15) is 0 Å². The summed E-state index contributed by atoms with van der Waals surface area (Å²) in [5.74, 6) is 0. The van der Waals surface area contributed by atoms with Crippen molar-refractivity contribution < 1.29 is 0 Å². The average Bonchev–Trinajstić information content (AvgIpc) is 2.29. The number of nitrogens with zero attached hydrogens (tertiary/aromatic N) is 2. The van der Waals surface area contributed by atoms with Crippen molar-refractivity contribution in [1.29, 1.82) is 0 Å². The molecule has 0 saturated heterocycles. The van der Waals surface area contributed by atoms with Crippen LogP contribution in [0, 0.1) is 0 Å². The summed E-state index contributed by atoms with van der Waals surface area (Å²) >= 11 is 0. The van der Waals surface area contributed by atoms with Crippen LogP contribution in [0.15, 0.2) is 48.8 Å². The lowest BCUT2D eigenvalue weighted by Gasteiger charge is -2.00. The summed E-state index contributed by atoms with van der Waals surface area (Å²) in [4.78, 5) is 8.74. The summed E-state index contributed by atoms with van der Waals surface area (Å²) in [5, 5.41) is 2.21. The summed E-state index contributed by atoms with van der Waals surface area (Å²) in [7, 11) is 0. The van der Waals surface area contributed by atoms with Crippen molar-refractivity contribution in [2.45, 2.75) is 0 Å². The van der Waals surface area contributed by atoms with Gasteiger partial charge in [0.1, 0.15) is 0 Å². The predicted molar refractivity (Wildman–Crippen MR) is 57.0 cm³/mol. The van der Waals surface area contributed by atoms with E-state index in [-0.39, 0.29) is 0 Å². The third-order valence-corrected chi connectivity index (χ3v) is 2.34. The summed E-state index contributed by atoms with van der Waals surface area (Å²) in [6.07, 6.45) is 3.68. The molecule has 0 unspecified atom stereocenters. The summed E-state index contributed by atoms with van der Waals surface area (Å²) in [6.45, 7) is 0. The minimum Gasteiger partial charge on any atom is -0.255 e.